The summed E-state index contributed by atoms with van der Waals surface area (Å²) in [6.45, 7) is 1.55. The molecule has 132 valence electrons. The number of carbonyl (C=O) groups is 1. The molecule has 1 aliphatic heterocycles. The van der Waals surface area contributed by atoms with E-state index in [1.54, 1.807) is 0 Å². The number of aromatic hydroxyl groups is 2. The summed E-state index contributed by atoms with van der Waals surface area (Å²) in [6, 6.07) is 12.5. The Kier molecular flexibility index (Phi) is 4.95. The maximum absolute atomic E-state index is 12.9. The first-order valence-corrected chi connectivity index (χ1v) is 8.52. The van der Waals surface area contributed by atoms with Crippen molar-refractivity contribution in [2.24, 2.45) is 0 Å². The second-order valence-corrected chi connectivity index (χ2v) is 6.84. The van der Waals surface area contributed by atoms with Gasteiger partial charge in [0, 0.05) is 19.2 Å². The standard InChI is InChI=1S/C20H24N2O3/c1-21(2)13-14-5-7-15(8-6-14)18-4-3-11-22(18)20(25)17-10-9-16(23)12-19(17)24/h5-10,12,18,23-24H,3-4,11,13H2,1-2H3. The van der Waals surface area contributed by atoms with Crippen LogP contribution in [0.2, 0.25) is 0 Å². The third-order valence-corrected chi connectivity index (χ3v) is 4.59. The summed E-state index contributed by atoms with van der Waals surface area (Å²) >= 11 is 0. The van der Waals surface area contributed by atoms with E-state index in [4.69, 9.17) is 0 Å². The fraction of sp³-hybridized carbons (Fsp3) is 0.350. The van der Waals surface area contributed by atoms with Gasteiger partial charge in [-0.3, -0.25) is 4.79 Å². The number of phenolic OH excluding ortho intramolecular Hbond substituents is 2. The highest BCUT2D eigenvalue weighted by Crippen LogP contribution is 2.35. The first kappa shape index (κ1) is 17.3. The van der Waals surface area contributed by atoms with Gasteiger partial charge >= 0.3 is 0 Å². The van der Waals surface area contributed by atoms with Crippen molar-refractivity contribution >= 4 is 5.91 Å². The summed E-state index contributed by atoms with van der Waals surface area (Å²) in [5, 5.41) is 19.4. The number of hydrogen-bond acceptors (Lipinski definition) is 4. The number of nitrogens with zero attached hydrogens (tertiary/aromatic N) is 2. The average Bonchev–Trinajstić information content (AvgIpc) is 3.04. The average molecular weight is 340 g/mol. The smallest absolute Gasteiger partial charge is 0.258 e. The number of hydrogen-bond donors (Lipinski definition) is 2. The van der Waals surface area contributed by atoms with Crippen LogP contribution in [0.3, 0.4) is 0 Å². The van der Waals surface area contributed by atoms with E-state index >= 15 is 0 Å². The molecule has 3 rings (SSSR count). The van der Waals surface area contributed by atoms with E-state index in [-0.39, 0.29) is 29.0 Å². The zero-order chi connectivity index (χ0) is 18.0. The molecule has 1 amide bonds. The summed E-state index contributed by atoms with van der Waals surface area (Å²) in [4.78, 5) is 16.8. The van der Waals surface area contributed by atoms with Crippen molar-refractivity contribution in [1.82, 2.24) is 9.80 Å². The van der Waals surface area contributed by atoms with E-state index in [9.17, 15) is 15.0 Å². The lowest BCUT2D eigenvalue weighted by Gasteiger charge is -2.26. The minimum absolute atomic E-state index is 0.0223. The number of phenols is 2. The van der Waals surface area contributed by atoms with Crippen LogP contribution in [0.25, 0.3) is 0 Å². The van der Waals surface area contributed by atoms with E-state index < -0.39 is 0 Å². The molecule has 1 heterocycles. The minimum Gasteiger partial charge on any atom is -0.508 e. The van der Waals surface area contributed by atoms with Gasteiger partial charge in [0.05, 0.1) is 11.6 Å². The Morgan fingerprint density at radius 3 is 2.52 bits per heavy atom. The molecule has 1 unspecified atom stereocenters. The molecule has 1 aliphatic rings. The Labute approximate surface area is 148 Å². The molecule has 2 aromatic rings. The zero-order valence-electron chi connectivity index (χ0n) is 14.6. The summed E-state index contributed by atoms with van der Waals surface area (Å²) in [5.41, 5.74) is 2.58. The Morgan fingerprint density at radius 2 is 1.88 bits per heavy atom. The normalized spacial score (nSPS) is 17.2. The van der Waals surface area contributed by atoms with E-state index in [1.807, 2.05) is 19.0 Å². The topological polar surface area (TPSA) is 64.0 Å². The van der Waals surface area contributed by atoms with Crippen LogP contribution in [0.5, 0.6) is 11.5 Å². The second-order valence-electron chi connectivity index (χ2n) is 6.84. The Balaban J connectivity index is 1.81. The predicted octanol–water partition coefficient (Wildman–Crippen LogP) is 3.14. The molecular weight excluding hydrogens is 316 g/mol. The van der Waals surface area contributed by atoms with Gasteiger partial charge in [0.25, 0.3) is 5.91 Å². The van der Waals surface area contributed by atoms with Gasteiger partial charge in [-0.1, -0.05) is 24.3 Å². The van der Waals surface area contributed by atoms with Crippen LogP contribution < -0.4 is 0 Å². The molecule has 0 saturated carbocycles. The van der Waals surface area contributed by atoms with Gasteiger partial charge in [-0.15, -0.1) is 0 Å². The lowest BCUT2D eigenvalue weighted by atomic mass is 10.0. The van der Waals surface area contributed by atoms with Gasteiger partial charge in [-0.25, -0.2) is 0 Å². The van der Waals surface area contributed by atoms with Crippen LogP contribution in [-0.2, 0) is 6.54 Å². The fourth-order valence-electron chi connectivity index (χ4n) is 3.42. The molecule has 1 fully saturated rings. The lowest BCUT2D eigenvalue weighted by Crippen LogP contribution is -2.30. The van der Waals surface area contributed by atoms with Crippen molar-refractivity contribution in [3.05, 3.63) is 59.2 Å². The Bertz CT molecular complexity index is 756. The van der Waals surface area contributed by atoms with Gasteiger partial charge < -0.3 is 20.0 Å². The maximum Gasteiger partial charge on any atom is 0.258 e. The molecule has 1 atom stereocenters. The third-order valence-electron chi connectivity index (χ3n) is 4.59. The van der Waals surface area contributed by atoms with E-state index in [0.29, 0.717) is 6.54 Å². The highest BCUT2D eigenvalue weighted by atomic mass is 16.3. The number of amides is 1. The molecule has 0 aliphatic carbocycles. The molecule has 1 saturated heterocycles. The van der Waals surface area contributed by atoms with Crippen molar-refractivity contribution in [3.8, 4) is 11.5 Å². The van der Waals surface area contributed by atoms with Crippen LogP contribution in [0.15, 0.2) is 42.5 Å². The molecule has 5 nitrogen and oxygen atoms in total. The van der Waals surface area contributed by atoms with Crippen molar-refractivity contribution in [2.75, 3.05) is 20.6 Å². The largest absolute Gasteiger partial charge is 0.508 e. The molecular formula is C20H24N2O3. The molecule has 0 radical (unpaired) electrons. The zero-order valence-corrected chi connectivity index (χ0v) is 14.6. The van der Waals surface area contributed by atoms with Crippen LogP contribution in [0.1, 0.15) is 40.4 Å². The third kappa shape index (κ3) is 3.77. The number of carbonyl (C=O) groups excluding carboxylic acids is 1. The molecule has 0 bridgehead atoms. The molecule has 0 spiro atoms. The second kappa shape index (κ2) is 7.15. The summed E-state index contributed by atoms with van der Waals surface area (Å²) in [6.07, 6.45) is 1.85. The van der Waals surface area contributed by atoms with Gasteiger partial charge in [0.2, 0.25) is 0 Å². The van der Waals surface area contributed by atoms with Gasteiger partial charge in [-0.2, -0.15) is 0 Å². The van der Waals surface area contributed by atoms with Crippen molar-refractivity contribution < 1.29 is 15.0 Å². The van der Waals surface area contributed by atoms with Crippen LogP contribution in [0.4, 0.5) is 0 Å². The van der Waals surface area contributed by atoms with Gasteiger partial charge in [-0.05, 0) is 50.2 Å². The first-order chi connectivity index (χ1) is 12.0. The molecule has 2 N–H and O–H groups in total. The Morgan fingerprint density at radius 1 is 1.16 bits per heavy atom. The fourth-order valence-corrected chi connectivity index (χ4v) is 3.42. The highest BCUT2D eigenvalue weighted by molar-refractivity contribution is 5.97. The quantitative estimate of drug-likeness (QED) is 0.897. The van der Waals surface area contributed by atoms with E-state index in [1.165, 1.54) is 23.8 Å². The predicted molar refractivity (Wildman–Crippen MR) is 96.6 cm³/mol. The number of benzene rings is 2. The van der Waals surface area contributed by atoms with Crippen molar-refractivity contribution in [1.29, 1.82) is 0 Å². The van der Waals surface area contributed by atoms with Crippen molar-refractivity contribution in [2.45, 2.75) is 25.4 Å². The minimum atomic E-state index is -0.197. The van der Waals surface area contributed by atoms with E-state index in [2.05, 4.69) is 29.2 Å². The lowest BCUT2D eigenvalue weighted by molar-refractivity contribution is 0.0732. The monoisotopic (exact) mass is 340 g/mol. The first-order valence-electron chi connectivity index (χ1n) is 8.52. The van der Waals surface area contributed by atoms with Crippen molar-refractivity contribution in [3.63, 3.8) is 0 Å². The summed E-state index contributed by atoms with van der Waals surface area (Å²) in [5.74, 6) is -0.433. The summed E-state index contributed by atoms with van der Waals surface area (Å²) in [7, 11) is 4.07. The van der Waals surface area contributed by atoms with Gasteiger partial charge in [0.1, 0.15) is 11.5 Å². The SMILES string of the molecule is CN(C)Cc1ccc(C2CCCN2C(=O)c2ccc(O)cc2O)cc1. The Hall–Kier alpha value is -2.53. The van der Waals surface area contributed by atoms with E-state index in [0.717, 1.165) is 24.9 Å². The number of rotatable bonds is 4. The van der Waals surface area contributed by atoms with Gasteiger partial charge in [0.15, 0.2) is 0 Å². The summed E-state index contributed by atoms with van der Waals surface area (Å²) < 4.78 is 0. The van der Waals surface area contributed by atoms with Crippen LogP contribution in [0, 0.1) is 0 Å². The maximum atomic E-state index is 12.9. The molecule has 0 aromatic heterocycles. The molecule has 25 heavy (non-hydrogen) atoms. The van der Waals surface area contributed by atoms with Crippen LogP contribution >= 0.6 is 0 Å². The highest BCUT2D eigenvalue weighted by Gasteiger charge is 2.31. The number of likely N-dealkylation sites (tertiary alicyclic amines) is 1. The molecule has 2 aromatic carbocycles. The van der Waals surface area contributed by atoms with Crippen LogP contribution in [-0.4, -0.2) is 46.6 Å². The molecule has 5 heteroatoms.